The second-order valence-corrected chi connectivity index (χ2v) is 13.3. The maximum Gasteiger partial charge on any atom is 0.416 e. The quantitative estimate of drug-likeness (QED) is 0.291. The van der Waals surface area contributed by atoms with E-state index in [1.54, 1.807) is 0 Å². The third kappa shape index (κ3) is 6.69. The van der Waals surface area contributed by atoms with E-state index in [4.69, 9.17) is 4.74 Å². The fraction of sp³-hybridized carbons (Fsp3) is 0.455. The first-order chi connectivity index (χ1) is 21.9. The van der Waals surface area contributed by atoms with Crippen molar-refractivity contribution < 1.29 is 37.4 Å². The average Bonchev–Trinajstić information content (AvgIpc) is 3.32. The van der Waals surface area contributed by atoms with Crippen molar-refractivity contribution in [3.05, 3.63) is 65.7 Å². The van der Waals surface area contributed by atoms with Gasteiger partial charge in [-0.25, -0.2) is 9.78 Å². The summed E-state index contributed by atoms with van der Waals surface area (Å²) in [6.07, 6.45) is 2.14. The van der Waals surface area contributed by atoms with Gasteiger partial charge in [0.1, 0.15) is 23.7 Å². The van der Waals surface area contributed by atoms with Crippen LogP contribution in [-0.4, -0.2) is 63.0 Å². The predicted molar refractivity (Wildman–Crippen MR) is 167 cm³/mol. The highest BCUT2D eigenvalue weighted by molar-refractivity contribution is 7.20. The molecule has 3 aromatic rings. The number of halogens is 3. The van der Waals surface area contributed by atoms with Gasteiger partial charge in [0, 0.05) is 18.0 Å². The number of fused-ring (bicyclic) bond motifs is 3. The number of hydrogen-bond acceptors (Lipinski definition) is 7. The molecule has 5 atom stereocenters. The van der Waals surface area contributed by atoms with Crippen LogP contribution >= 0.6 is 11.3 Å². The van der Waals surface area contributed by atoms with Crippen LogP contribution in [0.3, 0.4) is 0 Å². The Bertz CT molecular complexity index is 1680. The fourth-order valence-corrected chi connectivity index (χ4v) is 7.32. The predicted octanol–water partition coefficient (Wildman–Crippen LogP) is 5.93. The number of hydrogen-bond donors (Lipinski definition) is 3. The number of aliphatic carboxylic acids is 1. The number of thiazole rings is 1. The van der Waals surface area contributed by atoms with Crippen molar-refractivity contribution in [3.8, 4) is 5.19 Å². The van der Waals surface area contributed by atoms with Gasteiger partial charge in [-0.15, -0.1) is 0 Å². The van der Waals surface area contributed by atoms with E-state index < -0.39 is 53.2 Å². The molecule has 0 spiro atoms. The number of carbonyl (C=O) groups is 3. The topological polar surface area (TPSA) is 121 Å². The van der Waals surface area contributed by atoms with Crippen molar-refractivity contribution >= 4 is 45.0 Å². The molecule has 46 heavy (non-hydrogen) atoms. The molecule has 2 aliphatic heterocycles. The highest BCUT2D eigenvalue weighted by atomic mass is 32.1. The molecular formula is C33H35F3N4O5S. The monoisotopic (exact) mass is 656 g/mol. The van der Waals surface area contributed by atoms with Crippen molar-refractivity contribution in [2.24, 2.45) is 5.92 Å². The molecule has 244 valence electrons. The number of carboxylic acids is 1. The van der Waals surface area contributed by atoms with Crippen molar-refractivity contribution in [2.45, 2.75) is 81.8 Å². The van der Waals surface area contributed by atoms with E-state index in [1.807, 2.05) is 37.3 Å². The highest BCUT2D eigenvalue weighted by Gasteiger charge is 2.61. The third-order valence-corrected chi connectivity index (χ3v) is 9.85. The zero-order valence-electron chi connectivity index (χ0n) is 25.2. The molecule has 13 heteroatoms. The molecule has 1 aromatic heterocycles. The molecule has 3 N–H and O–H groups in total. The second-order valence-electron chi connectivity index (χ2n) is 12.4. The van der Waals surface area contributed by atoms with Gasteiger partial charge in [0.15, 0.2) is 0 Å². The summed E-state index contributed by atoms with van der Waals surface area (Å²) < 4.78 is 47.5. The first kappa shape index (κ1) is 31.8. The van der Waals surface area contributed by atoms with Gasteiger partial charge in [-0.1, -0.05) is 48.5 Å². The van der Waals surface area contributed by atoms with E-state index in [0.717, 1.165) is 40.8 Å². The molecular weight excluding hydrogens is 621 g/mol. The summed E-state index contributed by atoms with van der Waals surface area (Å²) in [7, 11) is 0. The lowest BCUT2D eigenvalue weighted by Gasteiger charge is -2.30. The Morgan fingerprint density at radius 3 is 2.78 bits per heavy atom. The van der Waals surface area contributed by atoms with Crippen molar-refractivity contribution in [3.63, 3.8) is 0 Å². The highest BCUT2D eigenvalue weighted by Crippen LogP contribution is 2.45. The number of rotatable bonds is 5. The SMILES string of the molecule is Cc1ccc2nc(O[C@@H]3C[C@H]4C(=O)N[C@]5(C(=O)O)C[C@H]5/C=C\CCCCC[C@H](Nc5cccc(C(F)(F)F)c5)C(=O)N4C3)sc2c1. The van der Waals surface area contributed by atoms with Gasteiger partial charge in [0.25, 0.3) is 5.19 Å². The zero-order valence-corrected chi connectivity index (χ0v) is 26.0. The van der Waals surface area contributed by atoms with Crippen LogP contribution in [0.2, 0.25) is 0 Å². The number of alkyl halides is 3. The van der Waals surface area contributed by atoms with Gasteiger partial charge < -0.3 is 25.4 Å². The Kier molecular flexibility index (Phi) is 8.70. The number of carbonyl (C=O) groups excluding carboxylic acids is 2. The molecule has 1 aliphatic carbocycles. The number of aryl methyl sites for hydroxylation is 1. The molecule has 0 bridgehead atoms. The maximum absolute atomic E-state index is 14.2. The largest absolute Gasteiger partial charge is 0.479 e. The summed E-state index contributed by atoms with van der Waals surface area (Å²) in [5.74, 6) is -2.57. The third-order valence-electron chi connectivity index (χ3n) is 8.94. The Morgan fingerprint density at radius 1 is 1.17 bits per heavy atom. The van der Waals surface area contributed by atoms with Crippen LogP contribution in [0.25, 0.3) is 10.2 Å². The lowest BCUT2D eigenvalue weighted by atomic mass is 10.0. The molecule has 2 fully saturated rings. The number of allylic oxidation sites excluding steroid dienone is 1. The number of benzene rings is 2. The van der Waals surface area contributed by atoms with Crippen molar-refractivity contribution in [1.29, 1.82) is 0 Å². The molecule has 1 saturated carbocycles. The first-order valence-corrected chi connectivity index (χ1v) is 16.2. The van der Waals surface area contributed by atoms with Gasteiger partial charge >= 0.3 is 12.1 Å². The van der Waals surface area contributed by atoms with Crippen molar-refractivity contribution in [1.82, 2.24) is 15.2 Å². The van der Waals surface area contributed by atoms with Crippen molar-refractivity contribution in [2.75, 3.05) is 11.9 Å². The Labute approximate surface area is 267 Å². The summed E-state index contributed by atoms with van der Waals surface area (Å²) in [6, 6.07) is 8.53. The van der Waals surface area contributed by atoms with Crippen LogP contribution in [0, 0.1) is 12.8 Å². The zero-order chi connectivity index (χ0) is 32.6. The molecule has 0 unspecified atom stereocenters. The fourth-order valence-electron chi connectivity index (χ4n) is 6.34. The minimum absolute atomic E-state index is 0.0239. The normalized spacial score (nSPS) is 28.0. The van der Waals surface area contributed by atoms with E-state index in [-0.39, 0.29) is 31.0 Å². The number of amides is 2. The maximum atomic E-state index is 14.2. The summed E-state index contributed by atoms with van der Waals surface area (Å²) in [6.45, 7) is 2.00. The van der Waals surface area contributed by atoms with Gasteiger partial charge in [-0.3, -0.25) is 9.59 Å². The van der Waals surface area contributed by atoms with Crippen LogP contribution in [0.1, 0.15) is 56.1 Å². The summed E-state index contributed by atoms with van der Waals surface area (Å²) in [5.41, 5.74) is -0.338. The van der Waals surface area contributed by atoms with Crippen LogP contribution in [0.5, 0.6) is 5.19 Å². The molecule has 2 aromatic carbocycles. The van der Waals surface area contributed by atoms with Crippen LogP contribution < -0.4 is 15.4 Å². The van der Waals surface area contributed by atoms with Gasteiger partial charge in [-0.05, 0) is 68.5 Å². The number of carboxylic acid groups (broad SMARTS) is 1. The van der Waals surface area contributed by atoms with E-state index >= 15 is 0 Å². The molecule has 2 amide bonds. The number of anilines is 1. The minimum Gasteiger partial charge on any atom is -0.479 e. The minimum atomic E-state index is -4.56. The van der Waals surface area contributed by atoms with E-state index in [0.29, 0.717) is 24.5 Å². The Morgan fingerprint density at radius 2 is 2.00 bits per heavy atom. The molecule has 9 nitrogen and oxygen atoms in total. The Hall–Kier alpha value is -4.13. The van der Waals surface area contributed by atoms with Gasteiger partial charge in [0.2, 0.25) is 11.8 Å². The second kappa shape index (κ2) is 12.6. The number of ether oxygens (including phenoxy) is 1. The lowest BCUT2D eigenvalue weighted by Crippen LogP contribution is -2.55. The van der Waals surface area contributed by atoms with Crippen LogP contribution in [-0.2, 0) is 20.6 Å². The smallest absolute Gasteiger partial charge is 0.416 e. The number of nitrogens with zero attached hydrogens (tertiary/aromatic N) is 2. The van der Waals surface area contributed by atoms with E-state index in [2.05, 4.69) is 15.6 Å². The molecule has 0 radical (unpaired) electrons. The molecule has 1 saturated heterocycles. The van der Waals surface area contributed by atoms with Gasteiger partial charge in [-0.2, -0.15) is 13.2 Å². The summed E-state index contributed by atoms with van der Waals surface area (Å²) >= 11 is 1.35. The molecule has 3 aliphatic rings. The summed E-state index contributed by atoms with van der Waals surface area (Å²) in [4.78, 5) is 46.3. The van der Waals surface area contributed by atoms with Gasteiger partial charge in [0.05, 0.1) is 22.3 Å². The van der Waals surface area contributed by atoms with E-state index in [9.17, 15) is 32.7 Å². The Balaban J connectivity index is 1.30. The first-order valence-electron chi connectivity index (χ1n) is 15.4. The van der Waals surface area contributed by atoms with Crippen LogP contribution in [0.4, 0.5) is 18.9 Å². The number of aromatic nitrogens is 1. The molecule has 3 heterocycles. The number of nitrogens with one attached hydrogen (secondary N) is 2. The summed E-state index contributed by atoms with van der Waals surface area (Å²) in [5, 5.41) is 16.2. The average molecular weight is 657 g/mol. The van der Waals surface area contributed by atoms with Crippen LogP contribution in [0.15, 0.2) is 54.6 Å². The molecule has 6 rings (SSSR count). The lowest BCUT2D eigenvalue weighted by molar-refractivity contribution is -0.145. The van der Waals surface area contributed by atoms with E-state index in [1.165, 1.54) is 28.4 Å². The standard InChI is InChI=1S/C33H35F3N4O5S/c1-19-12-13-24-27(14-19)46-31(38-24)45-23-16-26-28(41)39-32(30(43)44)17-21(32)8-5-3-2-4-6-11-25(29(42)40(26)18-23)37-22-10-7-9-20(15-22)33(34,35)36/h5,7-10,12-15,21,23,25-26,37H,2-4,6,11,16-18H2,1H3,(H,39,41)(H,43,44)/b8-5-/t21-,23-,25+,26+,32-/m1/s1.